The highest BCUT2D eigenvalue weighted by atomic mass is 79.9. The van der Waals surface area contributed by atoms with Gasteiger partial charge in [0.2, 0.25) is 0 Å². The summed E-state index contributed by atoms with van der Waals surface area (Å²) in [6.07, 6.45) is 1.01. The van der Waals surface area contributed by atoms with Crippen LogP contribution in [0.1, 0.15) is 23.7 Å². The lowest BCUT2D eigenvalue weighted by Crippen LogP contribution is -2.50. The Morgan fingerprint density at radius 3 is 2.79 bits per heavy atom. The van der Waals surface area contributed by atoms with Crippen molar-refractivity contribution in [1.82, 2.24) is 5.32 Å². The van der Waals surface area contributed by atoms with Crippen LogP contribution in [0.2, 0.25) is 0 Å². The number of rotatable bonds is 5. The van der Waals surface area contributed by atoms with E-state index in [1.807, 2.05) is 12.1 Å². The number of nitrogens with one attached hydrogen (secondary N) is 1. The van der Waals surface area contributed by atoms with E-state index in [0.29, 0.717) is 17.9 Å². The molecular formula is C14H18BrNO3. The topological polar surface area (TPSA) is 47.6 Å². The van der Waals surface area contributed by atoms with Crippen LogP contribution in [0.3, 0.4) is 0 Å². The highest BCUT2D eigenvalue weighted by molar-refractivity contribution is 9.10. The Morgan fingerprint density at radius 2 is 2.26 bits per heavy atom. The third kappa shape index (κ3) is 3.09. The predicted molar refractivity (Wildman–Crippen MR) is 76.6 cm³/mol. The molecule has 0 saturated carbocycles. The summed E-state index contributed by atoms with van der Waals surface area (Å²) in [5.41, 5.74) is 0.701. The predicted octanol–water partition coefficient (Wildman–Crippen LogP) is 2.61. The molecule has 2 rings (SSSR count). The molecule has 1 N–H and O–H groups in total. The van der Waals surface area contributed by atoms with Crippen molar-refractivity contribution in [2.75, 3.05) is 26.9 Å². The van der Waals surface area contributed by atoms with Gasteiger partial charge in [0.15, 0.2) is 0 Å². The molecule has 1 aliphatic heterocycles. The Bertz CT molecular complexity index is 466. The third-order valence-electron chi connectivity index (χ3n) is 3.61. The Kier molecular flexibility index (Phi) is 4.47. The Labute approximate surface area is 121 Å². The van der Waals surface area contributed by atoms with Crippen LogP contribution in [-0.2, 0) is 4.74 Å². The molecule has 19 heavy (non-hydrogen) atoms. The van der Waals surface area contributed by atoms with Gasteiger partial charge in [-0.15, -0.1) is 0 Å². The zero-order valence-corrected chi connectivity index (χ0v) is 12.7. The average Bonchev–Trinajstić information content (AvgIpc) is 2.38. The zero-order chi connectivity index (χ0) is 13.9. The van der Waals surface area contributed by atoms with Gasteiger partial charge in [0.25, 0.3) is 5.91 Å². The summed E-state index contributed by atoms with van der Waals surface area (Å²) in [6.45, 7) is 4.22. The quantitative estimate of drug-likeness (QED) is 0.904. The lowest BCUT2D eigenvalue weighted by molar-refractivity contribution is -0.111. The first kappa shape index (κ1) is 14.3. The fraction of sp³-hybridized carbons (Fsp3) is 0.500. The minimum Gasteiger partial charge on any atom is -0.497 e. The van der Waals surface area contributed by atoms with Crippen LogP contribution in [0.25, 0.3) is 0 Å². The van der Waals surface area contributed by atoms with Crippen molar-refractivity contribution >= 4 is 21.8 Å². The summed E-state index contributed by atoms with van der Waals surface area (Å²) in [4.78, 5) is 12.2. The van der Waals surface area contributed by atoms with Crippen LogP contribution >= 0.6 is 15.9 Å². The Balaban J connectivity index is 2.03. The van der Waals surface area contributed by atoms with E-state index in [1.165, 1.54) is 0 Å². The molecule has 1 heterocycles. The number of carbonyl (C=O) groups is 1. The van der Waals surface area contributed by atoms with Gasteiger partial charge in [0, 0.05) is 16.4 Å². The van der Waals surface area contributed by atoms with Crippen LogP contribution < -0.4 is 10.1 Å². The molecule has 1 fully saturated rings. The fourth-order valence-corrected chi connectivity index (χ4v) is 2.42. The van der Waals surface area contributed by atoms with E-state index in [9.17, 15) is 4.79 Å². The molecule has 1 aliphatic rings. The minimum absolute atomic E-state index is 0.0921. The molecule has 1 amide bonds. The highest BCUT2D eigenvalue weighted by Gasteiger charge is 2.37. The third-order valence-corrected chi connectivity index (χ3v) is 4.30. The van der Waals surface area contributed by atoms with Gasteiger partial charge in [-0.2, -0.15) is 0 Å². The maximum atomic E-state index is 12.2. The normalized spacial score (nSPS) is 16.6. The van der Waals surface area contributed by atoms with E-state index in [1.54, 1.807) is 13.2 Å². The molecule has 4 nitrogen and oxygen atoms in total. The summed E-state index contributed by atoms with van der Waals surface area (Å²) in [5, 5.41) is 2.98. The van der Waals surface area contributed by atoms with Crippen LogP contribution in [0, 0.1) is 5.41 Å². The smallest absolute Gasteiger partial charge is 0.252 e. The van der Waals surface area contributed by atoms with Gasteiger partial charge in [-0.1, -0.05) is 6.92 Å². The second kappa shape index (κ2) is 5.92. The minimum atomic E-state index is -0.0921. The first-order chi connectivity index (χ1) is 9.10. The van der Waals surface area contributed by atoms with Gasteiger partial charge in [-0.25, -0.2) is 0 Å². The van der Waals surface area contributed by atoms with Crippen molar-refractivity contribution < 1.29 is 14.3 Å². The first-order valence-electron chi connectivity index (χ1n) is 6.30. The molecule has 1 aromatic carbocycles. The highest BCUT2D eigenvalue weighted by Crippen LogP contribution is 2.30. The van der Waals surface area contributed by atoms with E-state index < -0.39 is 0 Å². The van der Waals surface area contributed by atoms with Gasteiger partial charge in [-0.05, 0) is 40.5 Å². The molecule has 0 aromatic heterocycles. The first-order valence-corrected chi connectivity index (χ1v) is 7.09. The molecular weight excluding hydrogens is 310 g/mol. The van der Waals surface area contributed by atoms with E-state index in [2.05, 4.69) is 28.2 Å². The zero-order valence-electron chi connectivity index (χ0n) is 11.2. The summed E-state index contributed by atoms with van der Waals surface area (Å²) in [5.74, 6) is 0.580. The van der Waals surface area contributed by atoms with Crippen LogP contribution in [0.4, 0.5) is 0 Å². The molecule has 0 radical (unpaired) electrons. The second-order valence-corrected chi connectivity index (χ2v) is 5.73. The molecule has 5 heteroatoms. The van der Waals surface area contributed by atoms with Gasteiger partial charge in [0.1, 0.15) is 5.75 Å². The Morgan fingerprint density at radius 1 is 1.53 bits per heavy atom. The second-order valence-electron chi connectivity index (χ2n) is 4.87. The number of methoxy groups -OCH3 is 1. The SMILES string of the molecule is CCC1(CNC(=O)c2cc(OC)ccc2Br)COC1. The van der Waals surface area contributed by atoms with E-state index in [0.717, 1.165) is 24.1 Å². The van der Waals surface area contributed by atoms with Gasteiger partial charge >= 0.3 is 0 Å². The van der Waals surface area contributed by atoms with Crippen molar-refractivity contribution in [1.29, 1.82) is 0 Å². The summed E-state index contributed by atoms with van der Waals surface area (Å²) in [7, 11) is 1.59. The molecule has 1 aromatic rings. The standard InChI is InChI=1S/C14H18BrNO3/c1-3-14(8-19-9-14)7-16-13(17)11-6-10(18-2)4-5-12(11)15/h4-6H,3,7-9H2,1-2H3,(H,16,17). The monoisotopic (exact) mass is 327 g/mol. The van der Waals surface area contributed by atoms with E-state index in [4.69, 9.17) is 9.47 Å². The number of hydrogen-bond acceptors (Lipinski definition) is 3. The molecule has 0 spiro atoms. The molecule has 0 unspecified atom stereocenters. The summed E-state index contributed by atoms with van der Waals surface area (Å²) >= 11 is 3.39. The van der Waals surface area contributed by atoms with Crippen molar-refractivity contribution in [3.05, 3.63) is 28.2 Å². The lowest BCUT2D eigenvalue weighted by Gasteiger charge is -2.40. The van der Waals surface area contributed by atoms with Gasteiger partial charge in [0.05, 0.1) is 25.9 Å². The maximum Gasteiger partial charge on any atom is 0.252 e. The largest absolute Gasteiger partial charge is 0.497 e. The molecule has 0 aliphatic carbocycles. The summed E-state index contributed by atoms with van der Waals surface area (Å²) < 4.78 is 11.1. The molecule has 1 saturated heterocycles. The van der Waals surface area contributed by atoms with Crippen molar-refractivity contribution in [3.8, 4) is 5.75 Å². The fourth-order valence-electron chi connectivity index (χ4n) is 1.99. The van der Waals surface area contributed by atoms with Crippen LogP contribution in [0.15, 0.2) is 22.7 Å². The number of halogens is 1. The number of benzene rings is 1. The summed E-state index contributed by atoms with van der Waals surface area (Å²) in [6, 6.07) is 5.36. The molecule has 0 atom stereocenters. The van der Waals surface area contributed by atoms with E-state index in [-0.39, 0.29) is 11.3 Å². The van der Waals surface area contributed by atoms with E-state index >= 15 is 0 Å². The number of carbonyl (C=O) groups excluding carboxylic acids is 1. The van der Waals surface area contributed by atoms with Crippen molar-refractivity contribution in [3.63, 3.8) is 0 Å². The number of amides is 1. The molecule has 0 bridgehead atoms. The number of hydrogen-bond donors (Lipinski definition) is 1. The Hall–Kier alpha value is -1.07. The molecule has 104 valence electrons. The van der Waals surface area contributed by atoms with Crippen molar-refractivity contribution in [2.45, 2.75) is 13.3 Å². The van der Waals surface area contributed by atoms with Crippen LogP contribution in [0.5, 0.6) is 5.75 Å². The maximum absolute atomic E-state index is 12.2. The van der Waals surface area contributed by atoms with Crippen LogP contribution in [-0.4, -0.2) is 32.8 Å². The van der Waals surface area contributed by atoms with Crippen molar-refractivity contribution in [2.24, 2.45) is 5.41 Å². The van der Waals surface area contributed by atoms with Gasteiger partial charge in [-0.3, -0.25) is 4.79 Å². The lowest BCUT2D eigenvalue weighted by atomic mass is 9.83. The average molecular weight is 328 g/mol. The number of ether oxygens (including phenoxy) is 2. The van der Waals surface area contributed by atoms with Gasteiger partial charge < -0.3 is 14.8 Å².